The minimum Gasteiger partial charge on any atom is -0.478 e. The molecule has 0 unspecified atom stereocenters. The number of esters is 1. The second-order valence-corrected chi connectivity index (χ2v) is 5.85. The van der Waals surface area contributed by atoms with E-state index in [1.165, 1.54) is 32.2 Å². The number of fused-ring (bicyclic) bond motifs is 1. The third-order valence-corrected chi connectivity index (χ3v) is 4.14. The van der Waals surface area contributed by atoms with E-state index in [9.17, 15) is 19.2 Å². The minimum absolute atomic E-state index is 0.0277. The van der Waals surface area contributed by atoms with Crippen LogP contribution in [0.3, 0.4) is 0 Å². The van der Waals surface area contributed by atoms with Gasteiger partial charge in [-0.15, -0.1) is 0 Å². The van der Waals surface area contributed by atoms with Gasteiger partial charge in [-0.25, -0.2) is 14.4 Å². The Bertz CT molecular complexity index is 1050. The summed E-state index contributed by atoms with van der Waals surface area (Å²) >= 11 is 0. The van der Waals surface area contributed by atoms with E-state index in [1.807, 2.05) is 0 Å². The number of methoxy groups -OCH3 is 1. The number of aldehydes is 1. The quantitative estimate of drug-likeness (QED) is 0.439. The van der Waals surface area contributed by atoms with Gasteiger partial charge in [0, 0.05) is 11.8 Å². The summed E-state index contributed by atoms with van der Waals surface area (Å²) in [5.41, 5.74) is 2.04. The van der Waals surface area contributed by atoms with Crippen molar-refractivity contribution in [1.82, 2.24) is 10.2 Å². The number of carbonyl (C=O) groups excluding carboxylic acids is 2. The maximum Gasteiger partial charge on any atom is 0.338 e. The average molecular weight is 398 g/mol. The fourth-order valence-electron chi connectivity index (χ4n) is 2.75. The van der Waals surface area contributed by atoms with Gasteiger partial charge >= 0.3 is 17.9 Å². The van der Waals surface area contributed by atoms with Gasteiger partial charge in [0.1, 0.15) is 6.29 Å². The summed E-state index contributed by atoms with van der Waals surface area (Å²) in [4.78, 5) is 43.2. The molecule has 0 bridgehead atoms. The summed E-state index contributed by atoms with van der Waals surface area (Å²) in [7, 11) is 1.32. The van der Waals surface area contributed by atoms with Crippen LogP contribution in [0.25, 0.3) is 10.9 Å². The maximum atomic E-state index is 11.5. The standard InChI is InChI=1S/C11H10N2O3.C9H8O4/c1-16-11(15)7-3-2-4-8-10(7)9(5-6-14)13-12-8;1-5-6(8(10)11)3-2-4-7(5)9(12)13/h2-4,6H,5H2,1H3,(H,12,13);2-4H,1H3,(H,10,11)(H,12,13). The topological polar surface area (TPSA) is 147 Å². The number of aromatic amines is 1. The number of carboxylic acids is 2. The monoisotopic (exact) mass is 398 g/mol. The van der Waals surface area contributed by atoms with Crippen LogP contribution < -0.4 is 0 Å². The van der Waals surface area contributed by atoms with E-state index in [0.29, 0.717) is 16.6 Å². The molecule has 1 aromatic heterocycles. The molecule has 9 nitrogen and oxygen atoms in total. The van der Waals surface area contributed by atoms with E-state index >= 15 is 0 Å². The third-order valence-electron chi connectivity index (χ3n) is 4.14. The van der Waals surface area contributed by atoms with Crippen LogP contribution in [-0.4, -0.2) is 51.7 Å². The molecule has 0 spiro atoms. The lowest BCUT2D eigenvalue weighted by Gasteiger charge is -2.03. The highest BCUT2D eigenvalue weighted by Crippen LogP contribution is 2.21. The van der Waals surface area contributed by atoms with Crippen LogP contribution in [0.1, 0.15) is 42.3 Å². The van der Waals surface area contributed by atoms with Crippen molar-refractivity contribution in [3.8, 4) is 0 Å². The molecule has 0 aliphatic heterocycles. The van der Waals surface area contributed by atoms with E-state index in [4.69, 9.17) is 10.2 Å². The number of hydrogen-bond acceptors (Lipinski definition) is 6. The van der Waals surface area contributed by atoms with Crippen molar-refractivity contribution in [3.63, 3.8) is 0 Å². The molecule has 29 heavy (non-hydrogen) atoms. The Morgan fingerprint density at radius 3 is 2.10 bits per heavy atom. The van der Waals surface area contributed by atoms with Crippen LogP contribution in [0.15, 0.2) is 36.4 Å². The maximum absolute atomic E-state index is 11.5. The summed E-state index contributed by atoms with van der Waals surface area (Å²) in [6.45, 7) is 1.48. The first-order chi connectivity index (χ1) is 13.8. The summed E-state index contributed by atoms with van der Waals surface area (Å²) in [6, 6.07) is 9.35. The molecule has 3 rings (SSSR count). The van der Waals surface area contributed by atoms with Crippen LogP contribution in [0.4, 0.5) is 0 Å². The number of rotatable bonds is 5. The summed E-state index contributed by atoms with van der Waals surface area (Å²) in [5.74, 6) is -2.65. The van der Waals surface area contributed by atoms with Crippen molar-refractivity contribution in [1.29, 1.82) is 0 Å². The number of nitrogens with one attached hydrogen (secondary N) is 1. The van der Waals surface area contributed by atoms with Gasteiger partial charge in [-0.3, -0.25) is 5.10 Å². The second-order valence-electron chi connectivity index (χ2n) is 5.85. The molecule has 0 atom stereocenters. The van der Waals surface area contributed by atoms with Crippen LogP contribution in [0.2, 0.25) is 0 Å². The Morgan fingerprint density at radius 2 is 1.59 bits per heavy atom. The number of aromatic nitrogens is 2. The smallest absolute Gasteiger partial charge is 0.338 e. The first-order valence-electron chi connectivity index (χ1n) is 8.35. The molecular weight excluding hydrogens is 380 g/mol. The van der Waals surface area contributed by atoms with Crippen LogP contribution in [0, 0.1) is 6.92 Å². The molecule has 0 aliphatic carbocycles. The number of hydrogen-bond donors (Lipinski definition) is 3. The Hall–Kier alpha value is -4.01. The van der Waals surface area contributed by atoms with E-state index < -0.39 is 17.9 Å². The number of ether oxygens (including phenoxy) is 1. The predicted octanol–water partition coefficient (Wildman–Crippen LogP) is 2.48. The highest BCUT2D eigenvalue weighted by Gasteiger charge is 2.15. The number of H-pyrrole nitrogens is 1. The number of carboxylic acid groups (broad SMARTS) is 2. The molecule has 0 amide bonds. The molecule has 150 valence electrons. The lowest BCUT2D eigenvalue weighted by molar-refractivity contribution is -0.107. The second kappa shape index (κ2) is 9.27. The van der Waals surface area contributed by atoms with Gasteiger partial charge in [0.15, 0.2) is 0 Å². The summed E-state index contributed by atoms with van der Waals surface area (Å²) in [5, 5.41) is 24.8. The van der Waals surface area contributed by atoms with Gasteiger partial charge in [0.05, 0.1) is 35.0 Å². The van der Waals surface area contributed by atoms with Crippen LogP contribution >= 0.6 is 0 Å². The molecular formula is C20H18N2O7. The minimum atomic E-state index is -1.11. The van der Waals surface area contributed by atoms with Crippen molar-refractivity contribution in [2.24, 2.45) is 0 Å². The molecule has 9 heteroatoms. The van der Waals surface area contributed by atoms with Crippen molar-refractivity contribution >= 4 is 35.1 Å². The van der Waals surface area contributed by atoms with Crippen molar-refractivity contribution in [3.05, 3.63) is 64.3 Å². The molecule has 3 N–H and O–H groups in total. The predicted molar refractivity (Wildman–Crippen MR) is 102 cm³/mol. The first-order valence-corrected chi connectivity index (χ1v) is 8.35. The summed E-state index contributed by atoms with van der Waals surface area (Å²) < 4.78 is 4.68. The Kier molecular flexibility index (Phi) is 6.80. The van der Waals surface area contributed by atoms with Crippen LogP contribution in [-0.2, 0) is 16.0 Å². The average Bonchev–Trinajstić information content (AvgIpc) is 3.11. The molecule has 0 aliphatic rings. The highest BCUT2D eigenvalue weighted by atomic mass is 16.5. The normalized spacial score (nSPS) is 10.0. The number of carbonyl (C=O) groups is 4. The lowest BCUT2D eigenvalue weighted by atomic mass is 10.0. The van der Waals surface area contributed by atoms with Crippen LogP contribution in [0.5, 0.6) is 0 Å². The summed E-state index contributed by atoms with van der Waals surface area (Å²) in [6.07, 6.45) is 0.928. The van der Waals surface area contributed by atoms with E-state index in [0.717, 1.165) is 11.8 Å². The molecule has 0 saturated carbocycles. The third kappa shape index (κ3) is 4.64. The molecule has 3 aromatic rings. The fraction of sp³-hybridized carbons (Fsp3) is 0.150. The van der Waals surface area contributed by atoms with Crippen molar-refractivity contribution < 1.29 is 34.1 Å². The number of benzene rings is 2. The van der Waals surface area contributed by atoms with E-state index in [-0.39, 0.29) is 23.1 Å². The lowest BCUT2D eigenvalue weighted by Crippen LogP contribution is -2.06. The Morgan fingerprint density at radius 1 is 1.03 bits per heavy atom. The van der Waals surface area contributed by atoms with E-state index in [2.05, 4.69) is 14.9 Å². The Balaban J connectivity index is 0.000000212. The molecule has 0 fully saturated rings. The Labute approximate surface area is 164 Å². The van der Waals surface area contributed by atoms with Crippen molar-refractivity contribution in [2.45, 2.75) is 13.3 Å². The largest absolute Gasteiger partial charge is 0.478 e. The first kappa shape index (κ1) is 21.3. The zero-order valence-electron chi connectivity index (χ0n) is 15.6. The molecule has 1 heterocycles. The zero-order valence-corrected chi connectivity index (χ0v) is 15.6. The van der Waals surface area contributed by atoms with Gasteiger partial charge < -0.3 is 19.7 Å². The van der Waals surface area contributed by atoms with Gasteiger partial charge in [0.2, 0.25) is 0 Å². The van der Waals surface area contributed by atoms with Crippen molar-refractivity contribution in [2.75, 3.05) is 7.11 Å². The van der Waals surface area contributed by atoms with E-state index in [1.54, 1.807) is 18.2 Å². The highest BCUT2D eigenvalue weighted by molar-refractivity contribution is 6.05. The zero-order chi connectivity index (χ0) is 21.6. The SMILES string of the molecule is COC(=O)c1cccc2[nH]nc(CC=O)c12.Cc1c(C(=O)O)cccc1C(=O)O. The van der Waals surface area contributed by atoms with Gasteiger partial charge in [0.25, 0.3) is 0 Å². The molecule has 2 aromatic carbocycles. The van der Waals surface area contributed by atoms with Gasteiger partial charge in [-0.1, -0.05) is 12.1 Å². The van der Waals surface area contributed by atoms with Gasteiger partial charge in [-0.05, 0) is 36.8 Å². The number of aromatic carboxylic acids is 2. The van der Waals surface area contributed by atoms with Gasteiger partial charge in [-0.2, -0.15) is 5.10 Å². The fourth-order valence-corrected chi connectivity index (χ4v) is 2.75. The molecule has 0 saturated heterocycles. The molecule has 0 radical (unpaired) electrons. The number of nitrogens with zero attached hydrogens (tertiary/aromatic N) is 1.